The lowest BCUT2D eigenvalue weighted by molar-refractivity contribution is -0.143. The van der Waals surface area contributed by atoms with Gasteiger partial charge in [0.1, 0.15) is 6.61 Å². The van der Waals surface area contributed by atoms with E-state index in [9.17, 15) is 9.59 Å². The number of benzene rings is 2. The summed E-state index contributed by atoms with van der Waals surface area (Å²) in [6.07, 6.45) is 0.834. The Morgan fingerprint density at radius 2 is 1.89 bits per heavy atom. The molecule has 0 unspecified atom stereocenters. The van der Waals surface area contributed by atoms with E-state index in [0.29, 0.717) is 18.7 Å². The minimum Gasteiger partial charge on any atom is -0.461 e. The van der Waals surface area contributed by atoms with Gasteiger partial charge in [-0.15, -0.1) is 0 Å². The molecule has 0 aliphatic carbocycles. The minimum absolute atomic E-state index is 0.146. The average molecular weight is 474 g/mol. The molecule has 0 aliphatic rings. The van der Waals surface area contributed by atoms with Crippen molar-refractivity contribution in [1.82, 2.24) is 5.32 Å². The zero-order valence-electron chi connectivity index (χ0n) is 15.1. The van der Waals surface area contributed by atoms with Crippen LogP contribution in [0.3, 0.4) is 0 Å². The van der Waals surface area contributed by atoms with Crippen LogP contribution in [0.2, 0.25) is 0 Å². The van der Waals surface area contributed by atoms with E-state index in [2.05, 4.69) is 32.9 Å². The van der Waals surface area contributed by atoms with Gasteiger partial charge in [0.25, 0.3) is 0 Å². The Kier molecular flexibility index (Phi) is 8.51. The fourth-order valence-electron chi connectivity index (χ4n) is 2.37. The van der Waals surface area contributed by atoms with E-state index in [0.717, 1.165) is 20.4 Å². The first-order valence-corrected chi connectivity index (χ1v) is 9.57. The number of hydrogen-bond donors (Lipinski definition) is 1. The monoisotopic (exact) mass is 474 g/mol. The summed E-state index contributed by atoms with van der Waals surface area (Å²) >= 11 is 2.21. The fourth-order valence-corrected chi connectivity index (χ4v) is 3.07. The summed E-state index contributed by atoms with van der Waals surface area (Å²) in [5, 5.41) is 2.56. The van der Waals surface area contributed by atoms with Gasteiger partial charge in [-0.3, -0.25) is 14.6 Å². The first-order valence-electron chi connectivity index (χ1n) is 8.49. The Balaban J connectivity index is 1.88. The number of nitrogens with one attached hydrogen (secondary N) is 1. The zero-order chi connectivity index (χ0) is 19.6. The number of amides is 1. The highest BCUT2D eigenvalue weighted by Crippen LogP contribution is 2.23. The number of aliphatic imine (C=N–C) groups is 1. The predicted molar refractivity (Wildman–Crippen MR) is 116 cm³/mol. The number of halogens is 1. The molecule has 138 valence electrons. The molecular weight excluding hydrogens is 454 g/mol. The molecule has 2 radical (unpaired) electrons. The van der Waals surface area contributed by atoms with E-state index >= 15 is 0 Å². The smallest absolute Gasteiger partial charge is 0.311 e. The molecule has 0 aliphatic heterocycles. The highest BCUT2D eigenvalue weighted by atomic mass is 127. The van der Waals surface area contributed by atoms with Crippen molar-refractivity contribution in [3.05, 3.63) is 63.2 Å². The molecule has 0 bridgehead atoms. The molecule has 2 aromatic carbocycles. The van der Waals surface area contributed by atoms with Crippen molar-refractivity contribution in [3.63, 3.8) is 0 Å². The number of esters is 1. The standard InChI is InChI=1S/C20H20BIN2O3/c1-14(11-19(25)27-13-16-5-3-2-4-6-16)24-18-8-7-15(12-17(18)22)9-10-23-20(21)26/h2-8,12H,9-11,13H2,1H3,(H,23,26). The summed E-state index contributed by atoms with van der Waals surface area (Å²) in [5.74, 6) is -0.829. The van der Waals surface area contributed by atoms with Crippen LogP contribution in [0, 0.1) is 3.57 Å². The van der Waals surface area contributed by atoms with E-state index < -0.39 is 5.81 Å². The van der Waals surface area contributed by atoms with Crippen molar-refractivity contribution in [2.45, 2.75) is 26.4 Å². The van der Waals surface area contributed by atoms with Crippen LogP contribution in [0.5, 0.6) is 0 Å². The highest BCUT2D eigenvalue weighted by molar-refractivity contribution is 14.1. The number of carbonyl (C=O) groups is 2. The minimum atomic E-state index is -0.527. The van der Waals surface area contributed by atoms with Gasteiger partial charge in [-0.1, -0.05) is 36.4 Å². The van der Waals surface area contributed by atoms with E-state index in [4.69, 9.17) is 12.6 Å². The predicted octanol–water partition coefficient (Wildman–Crippen LogP) is 3.94. The lowest BCUT2D eigenvalue weighted by atomic mass is 10.1. The molecule has 0 aromatic heterocycles. The van der Waals surface area contributed by atoms with Crippen molar-refractivity contribution in [2.24, 2.45) is 4.99 Å². The van der Waals surface area contributed by atoms with Crippen LogP contribution in [0.25, 0.3) is 0 Å². The van der Waals surface area contributed by atoms with Crippen molar-refractivity contribution < 1.29 is 14.3 Å². The maximum absolute atomic E-state index is 12.0. The zero-order valence-corrected chi connectivity index (χ0v) is 17.2. The number of rotatable bonds is 8. The van der Waals surface area contributed by atoms with Gasteiger partial charge < -0.3 is 10.1 Å². The largest absolute Gasteiger partial charge is 0.461 e. The Hall–Kier alpha value is -2.16. The van der Waals surface area contributed by atoms with Crippen LogP contribution in [0.15, 0.2) is 53.5 Å². The molecule has 0 saturated carbocycles. The molecule has 0 heterocycles. The van der Waals surface area contributed by atoms with Gasteiger partial charge >= 0.3 is 5.97 Å². The van der Waals surface area contributed by atoms with Gasteiger partial charge in [-0.25, -0.2) is 0 Å². The quantitative estimate of drug-likeness (QED) is 0.273. The van der Waals surface area contributed by atoms with Crippen LogP contribution < -0.4 is 5.32 Å². The molecule has 27 heavy (non-hydrogen) atoms. The van der Waals surface area contributed by atoms with Crippen LogP contribution in [-0.2, 0) is 22.6 Å². The second-order valence-corrected chi connectivity index (χ2v) is 7.16. The number of hydrogen-bond acceptors (Lipinski definition) is 4. The topological polar surface area (TPSA) is 67.8 Å². The van der Waals surface area contributed by atoms with E-state index in [1.807, 2.05) is 55.5 Å². The molecule has 5 nitrogen and oxygen atoms in total. The van der Waals surface area contributed by atoms with Gasteiger partial charge in [0, 0.05) is 15.8 Å². The van der Waals surface area contributed by atoms with E-state index in [1.165, 1.54) is 0 Å². The molecule has 2 rings (SSSR count). The van der Waals surface area contributed by atoms with E-state index in [-0.39, 0.29) is 19.0 Å². The second kappa shape index (κ2) is 10.9. The van der Waals surface area contributed by atoms with Crippen LogP contribution in [-0.4, -0.2) is 31.9 Å². The Bertz CT molecular complexity index is 825. The Morgan fingerprint density at radius 1 is 1.15 bits per heavy atom. The molecule has 0 saturated heterocycles. The summed E-state index contributed by atoms with van der Waals surface area (Å²) < 4.78 is 6.26. The molecule has 0 atom stereocenters. The summed E-state index contributed by atoms with van der Waals surface area (Å²) in [5.41, 5.74) is 3.52. The number of carbonyl (C=O) groups excluding carboxylic acids is 2. The maximum atomic E-state index is 12.0. The molecule has 1 N–H and O–H groups in total. The van der Waals surface area contributed by atoms with Gasteiger partial charge in [0.15, 0.2) is 13.7 Å². The number of nitrogens with zero attached hydrogens (tertiary/aromatic N) is 1. The molecule has 1 amide bonds. The van der Waals surface area contributed by atoms with Crippen molar-refractivity contribution in [2.75, 3.05) is 6.54 Å². The Morgan fingerprint density at radius 3 is 2.56 bits per heavy atom. The first kappa shape index (κ1) is 21.1. The van der Waals surface area contributed by atoms with Crippen molar-refractivity contribution >= 4 is 53.6 Å². The van der Waals surface area contributed by atoms with Gasteiger partial charge in [0.2, 0.25) is 0 Å². The van der Waals surface area contributed by atoms with Gasteiger partial charge in [0.05, 0.1) is 12.1 Å². The van der Waals surface area contributed by atoms with Crippen LogP contribution >= 0.6 is 22.6 Å². The lowest BCUT2D eigenvalue weighted by Crippen LogP contribution is -2.23. The summed E-state index contributed by atoms with van der Waals surface area (Å²) in [6, 6.07) is 15.4. The fraction of sp³-hybridized carbons (Fsp3) is 0.250. The normalized spacial score (nSPS) is 11.1. The van der Waals surface area contributed by atoms with Crippen molar-refractivity contribution in [1.29, 1.82) is 0 Å². The molecule has 0 fully saturated rings. The summed E-state index contributed by atoms with van der Waals surface area (Å²) in [7, 11) is 5.05. The van der Waals surface area contributed by atoms with Gasteiger partial charge in [-0.2, -0.15) is 0 Å². The second-order valence-electron chi connectivity index (χ2n) is 6.00. The maximum Gasteiger partial charge on any atom is 0.311 e. The van der Waals surface area contributed by atoms with Crippen LogP contribution in [0.1, 0.15) is 24.5 Å². The van der Waals surface area contributed by atoms with Crippen molar-refractivity contribution in [3.8, 4) is 0 Å². The molecule has 2 aromatic rings. The summed E-state index contributed by atoms with van der Waals surface area (Å²) in [6.45, 7) is 2.56. The average Bonchev–Trinajstić information content (AvgIpc) is 2.63. The van der Waals surface area contributed by atoms with E-state index in [1.54, 1.807) is 0 Å². The SMILES string of the molecule is [B]C(=O)NCCc1ccc(N=C(C)CC(=O)OCc2ccccc2)c(I)c1. The van der Waals surface area contributed by atoms with Crippen LogP contribution in [0.4, 0.5) is 10.5 Å². The highest BCUT2D eigenvalue weighted by Gasteiger charge is 2.07. The third-order valence-electron chi connectivity index (χ3n) is 3.68. The number of ether oxygens (including phenoxy) is 1. The third kappa shape index (κ3) is 7.94. The molecule has 7 heteroatoms. The molecular formula is C20H20BIN2O3. The first-order chi connectivity index (χ1) is 12.9. The van der Waals surface area contributed by atoms with Gasteiger partial charge in [-0.05, 0) is 59.2 Å². The lowest BCUT2D eigenvalue weighted by Gasteiger charge is -2.07. The third-order valence-corrected chi connectivity index (χ3v) is 4.54. The molecule has 0 spiro atoms. The Labute approximate surface area is 174 Å². The summed E-state index contributed by atoms with van der Waals surface area (Å²) in [4.78, 5) is 27.2.